The molecule has 1 aromatic heterocycles. The number of hydrogen-bond donors (Lipinski definition) is 2. The highest BCUT2D eigenvalue weighted by atomic mass is 35.5. The molecule has 0 saturated heterocycles. The van der Waals surface area contributed by atoms with Crippen molar-refractivity contribution in [2.45, 2.75) is 18.4 Å². The van der Waals surface area contributed by atoms with Gasteiger partial charge in [-0.3, -0.25) is 5.10 Å². The molecule has 8 heteroatoms. The number of rotatable bonds is 4. The van der Waals surface area contributed by atoms with Gasteiger partial charge in [-0.1, -0.05) is 23.2 Å². The minimum atomic E-state index is -3.66. The third kappa shape index (κ3) is 3.48. The molecule has 1 heterocycles. The summed E-state index contributed by atoms with van der Waals surface area (Å²) in [5.41, 5.74) is 1.59. The Hall–Kier alpha value is -1.08. The first-order chi connectivity index (χ1) is 8.88. The van der Waals surface area contributed by atoms with Crippen molar-refractivity contribution in [1.29, 1.82) is 0 Å². The molecule has 2 rings (SSSR count). The Balaban J connectivity index is 2.21. The van der Waals surface area contributed by atoms with Gasteiger partial charge in [0.05, 0.1) is 11.1 Å². The lowest BCUT2D eigenvalue weighted by Crippen LogP contribution is -2.23. The number of aromatic amines is 1. The Morgan fingerprint density at radius 2 is 1.89 bits per heavy atom. The van der Waals surface area contributed by atoms with Crippen LogP contribution in [0.4, 0.5) is 0 Å². The Kier molecular flexibility index (Phi) is 4.15. The predicted octanol–water partition coefficient (Wildman–Crippen LogP) is 2.50. The molecule has 0 amide bonds. The minimum absolute atomic E-state index is 0.0335. The fraction of sp³-hybridized carbons (Fsp3) is 0.182. The normalized spacial score (nSPS) is 11.7. The summed E-state index contributed by atoms with van der Waals surface area (Å²) in [4.78, 5) is 0.0335. The van der Waals surface area contributed by atoms with E-state index in [4.69, 9.17) is 23.2 Å². The van der Waals surface area contributed by atoms with E-state index in [0.29, 0.717) is 0 Å². The van der Waals surface area contributed by atoms with E-state index in [-0.39, 0.29) is 21.5 Å². The highest BCUT2D eigenvalue weighted by molar-refractivity contribution is 7.89. The van der Waals surface area contributed by atoms with Gasteiger partial charge in [0.1, 0.15) is 0 Å². The summed E-state index contributed by atoms with van der Waals surface area (Å²) >= 11 is 11.6. The van der Waals surface area contributed by atoms with Crippen LogP contribution in [0.3, 0.4) is 0 Å². The number of aromatic nitrogens is 2. The zero-order valence-corrected chi connectivity index (χ0v) is 12.3. The van der Waals surface area contributed by atoms with Crippen molar-refractivity contribution in [2.75, 3.05) is 0 Å². The Labute approximate surface area is 121 Å². The Morgan fingerprint density at radius 1 is 1.26 bits per heavy atom. The molecule has 0 fully saturated rings. The average molecular weight is 320 g/mol. The summed E-state index contributed by atoms with van der Waals surface area (Å²) < 4.78 is 26.6. The number of hydrogen-bond acceptors (Lipinski definition) is 3. The number of halogens is 2. The number of H-pyrrole nitrogens is 1. The van der Waals surface area contributed by atoms with Crippen LogP contribution in [0.5, 0.6) is 0 Å². The number of sulfonamides is 1. The van der Waals surface area contributed by atoms with Crippen LogP contribution in [0.1, 0.15) is 11.3 Å². The van der Waals surface area contributed by atoms with Gasteiger partial charge in [0.15, 0.2) is 0 Å². The number of nitrogens with zero attached hydrogens (tertiary/aromatic N) is 1. The fourth-order valence-electron chi connectivity index (χ4n) is 1.49. The van der Waals surface area contributed by atoms with Crippen LogP contribution in [0.2, 0.25) is 10.0 Å². The van der Waals surface area contributed by atoms with Crippen LogP contribution < -0.4 is 4.72 Å². The molecular weight excluding hydrogens is 309 g/mol. The van der Waals surface area contributed by atoms with Gasteiger partial charge in [-0.2, -0.15) is 5.10 Å². The zero-order valence-electron chi connectivity index (χ0n) is 9.94. The smallest absolute Gasteiger partial charge is 0.240 e. The van der Waals surface area contributed by atoms with Crippen molar-refractivity contribution in [2.24, 2.45) is 0 Å². The van der Waals surface area contributed by atoms with Crippen molar-refractivity contribution >= 4 is 33.2 Å². The predicted molar refractivity (Wildman–Crippen MR) is 73.8 cm³/mol. The molecule has 1 aromatic carbocycles. The fourth-order valence-corrected chi connectivity index (χ4v) is 3.23. The lowest BCUT2D eigenvalue weighted by atomic mass is 10.3. The molecule has 0 saturated carbocycles. The summed E-state index contributed by atoms with van der Waals surface area (Å²) in [7, 11) is -3.66. The van der Waals surface area contributed by atoms with Gasteiger partial charge in [0, 0.05) is 27.8 Å². The Morgan fingerprint density at radius 3 is 2.42 bits per heavy atom. The van der Waals surface area contributed by atoms with Gasteiger partial charge >= 0.3 is 0 Å². The quantitative estimate of drug-likeness (QED) is 0.909. The van der Waals surface area contributed by atoms with Crippen molar-refractivity contribution < 1.29 is 8.42 Å². The van der Waals surface area contributed by atoms with Gasteiger partial charge in [-0.25, -0.2) is 13.1 Å². The van der Waals surface area contributed by atoms with Crippen molar-refractivity contribution in [3.05, 3.63) is 45.7 Å². The van der Waals surface area contributed by atoms with Crippen LogP contribution in [0, 0.1) is 6.92 Å². The second-order valence-corrected chi connectivity index (χ2v) is 6.59. The van der Waals surface area contributed by atoms with E-state index < -0.39 is 10.0 Å². The van der Waals surface area contributed by atoms with Crippen molar-refractivity contribution in [1.82, 2.24) is 14.9 Å². The molecule has 0 radical (unpaired) electrons. The van der Waals surface area contributed by atoms with Gasteiger partial charge in [0.25, 0.3) is 0 Å². The molecule has 0 atom stereocenters. The Bertz CT molecular complexity index is 677. The molecular formula is C11H11Cl2N3O2S. The molecule has 0 aliphatic carbocycles. The maximum Gasteiger partial charge on any atom is 0.240 e. The summed E-state index contributed by atoms with van der Waals surface area (Å²) in [6.07, 6.45) is 1.57. The summed E-state index contributed by atoms with van der Waals surface area (Å²) in [6.45, 7) is 1.96. The lowest BCUT2D eigenvalue weighted by molar-refractivity contribution is 0.581. The molecule has 0 bridgehead atoms. The second kappa shape index (κ2) is 5.50. The molecule has 0 aliphatic rings. The van der Waals surface area contributed by atoms with E-state index in [1.54, 1.807) is 6.20 Å². The van der Waals surface area contributed by atoms with Crippen molar-refractivity contribution in [3.8, 4) is 0 Å². The number of benzene rings is 1. The zero-order chi connectivity index (χ0) is 14.0. The SMILES string of the molecule is Cc1[nH]ncc1CNS(=O)(=O)c1cc(Cl)cc(Cl)c1. The van der Waals surface area contributed by atoms with Gasteiger partial charge < -0.3 is 0 Å². The van der Waals surface area contributed by atoms with Gasteiger partial charge in [0.2, 0.25) is 10.0 Å². The van der Waals surface area contributed by atoms with E-state index in [9.17, 15) is 8.42 Å². The van der Waals surface area contributed by atoms with E-state index in [1.807, 2.05) is 6.92 Å². The molecule has 5 nitrogen and oxygen atoms in total. The number of nitrogens with one attached hydrogen (secondary N) is 2. The van der Waals surface area contributed by atoms with E-state index >= 15 is 0 Å². The average Bonchev–Trinajstić information content (AvgIpc) is 2.71. The largest absolute Gasteiger partial charge is 0.283 e. The summed E-state index contributed by atoms with van der Waals surface area (Å²) in [5.74, 6) is 0. The molecule has 19 heavy (non-hydrogen) atoms. The van der Waals surface area contributed by atoms with E-state index in [1.165, 1.54) is 18.2 Å². The number of aryl methyl sites for hydroxylation is 1. The van der Waals surface area contributed by atoms with Crippen LogP contribution in [-0.2, 0) is 16.6 Å². The highest BCUT2D eigenvalue weighted by Gasteiger charge is 2.16. The van der Waals surface area contributed by atoms with Crippen LogP contribution in [0.25, 0.3) is 0 Å². The van der Waals surface area contributed by atoms with Gasteiger partial charge in [-0.05, 0) is 25.1 Å². The van der Waals surface area contributed by atoms with E-state index in [2.05, 4.69) is 14.9 Å². The molecule has 0 aliphatic heterocycles. The highest BCUT2D eigenvalue weighted by Crippen LogP contribution is 2.22. The molecule has 2 N–H and O–H groups in total. The summed E-state index contributed by atoms with van der Waals surface area (Å²) in [6, 6.07) is 4.17. The molecule has 0 spiro atoms. The van der Waals surface area contributed by atoms with Crippen molar-refractivity contribution in [3.63, 3.8) is 0 Å². The molecule has 0 unspecified atom stereocenters. The molecule has 102 valence electrons. The minimum Gasteiger partial charge on any atom is -0.283 e. The topological polar surface area (TPSA) is 74.8 Å². The molecule has 2 aromatic rings. The van der Waals surface area contributed by atoms with E-state index in [0.717, 1.165) is 11.3 Å². The third-order valence-corrected chi connectivity index (χ3v) is 4.35. The van der Waals surface area contributed by atoms with Crippen LogP contribution in [0.15, 0.2) is 29.3 Å². The first kappa shape index (κ1) is 14.3. The third-order valence-electron chi connectivity index (χ3n) is 2.53. The standard InChI is InChI=1S/C11H11Cl2N3O2S/c1-7-8(5-14-16-7)6-15-19(17,18)11-3-9(12)2-10(13)4-11/h2-5,15H,6H2,1H3,(H,14,16). The second-order valence-electron chi connectivity index (χ2n) is 3.95. The van der Waals surface area contributed by atoms with Crippen LogP contribution >= 0.6 is 23.2 Å². The maximum absolute atomic E-state index is 12.1. The van der Waals surface area contributed by atoms with Crippen LogP contribution in [-0.4, -0.2) is 18.6 Å². The van der Waals surface area contributed by atoms with Gasteiger partial charge in [-0.15, -0.1) is 0 Å². The monoisotopic (exact) mass is 319 g/mol. The first-order valence-corrected chi connectivity index (χ1v) is 7.57. The first-order valence-electron chi connectivity index (χ1n) is 5.33. The summed E-state index contributed by atoms with van der Waals surface area (Å²) in [5, 5.41) is 7.10. The lowest BCUT2D eigenvalue weighted by Gasteiger charge is -2.07. The maximum atomic E-state index is 12.1.